The zero-order chi connectivity index (χ0) is 18.9. The first-order chi connectivity index (χ1) is 11.7. The number of hydrogen-bond donors (Lipinski definition) is 2. The molecule has 7 nitrogen and oxygen atoms in total. The Morgan fingerprint density at radius 3 is 2.50 bits per heavy atom. The summed E-state index contributed by atoms with van der Waals surface area (Å²) in [4.78, 5) is 20.7. The summed E-state index contributed by atoms with van der Waals surface area (Å²) >= 11 is 0. The quantitative estimate of drug-likeness (QED) is 0.264. The Hall–Kier alpha value is -1.79. The molecule has 0 aliphatic heterocycles. The van der Waals surface area contributed by atoms with Crippen LogP contribution < -0.4 is 15.4 Å². The predicted octanol–water partition coefficient (Wildman–Crippen LogP) is 1.74. The SMILES string of the molecule is CCNC(=NCC(=O)N(C)C)NCCOc1ccc(C(F)(F)F)cn1.I. The molecule has 26 heavy (non-hydrogen) atoms. The summed E-state index contributed by atoms with van der Waals surface area (Å²) in [5.41, 5.74) is -0.829. The minimum absolute atomic E-state index is 0. The molecule has 0 atom stereocenters. The van der Waals surface area contributed by atoms with E-state index < -0.39 is 11.7 Å². The van der Waals surface area contributed by atoms with E-state index in [0.29, 0.717) is 19.0 Å². The van der Waals surface area contributed by atoms with E-state index in [2.05, 4.69) is 20.6 Å². The molecular formula is C15H23F3IN5O2. The Morgan fingerprint density at radius 1 is 1.31 bits per heavy atom. The number of guanidine groups is 1. The van der Waals surface area contributed by atoms with E-state index in [1.54, 1.807) is 14.1 Å². The van der Waals surface area contributed by atoms with E-state index >= 15 is 0 Å². The standard InChI is InChI=1S/C15H22F3N5O2.HI/c1-4-19-14(22-10-13(24)23(2)3)20-7-8-25-12-6-5-11(9-21-12)15(16,17)18;/h5-6,9H,4,7-8,10H2,1-3H3,(H2,19,20,22);1H. The third-order valence-corrected chi connectivity index (χ3v) is 2.92. The van der Waals surface area contributed by atoms with Crippen LogP contribution in [0, 0.1) is 0 Å². The Balaban J connectivity index is 0.00000625. The van der Waals surface area contributed by atoms with Crippen LogP contribution in [0.5, 0.6) is 5.88 Å². The molecule has 1 aromatic heterocycles. The van der Waals surface area contributed by atoms with Gasteiger partial charge in [0.2, 0.25) is 11.8 Å². The van der Waals surface area contributed by atoms with Gasteiger partial charge in [-0.25, -0.2) is 9.98 Å². The van der Waals surface area contributed by atoms with Gasteiger partial charge in [0.15, 0.2) is 5.96 Å². The second-order valence-corrected chi connectivity index (χ2v) is 5.14. The lowest BCUT2D eigenvalue weighted by Gasteiger charge is -2.13. The number of carbonyl (C=O) groups excluding carboxylic acids is 1. The van der Waals surface area contributed by atoms with Gasteiger partial charge in [0.25, 0.3) is 0 Å². The molecule has 1 amide bonds. The number of amides is 1. The van der Waals surface area contributed by atoms with Gasteiger partial charge in [0, 0.05) is 32.9 Å². The minimum Gasteiger partial charge on any atom is -0.476 e. The molecule has 11 heteroatoms. The molecule has 0 spiro atoms. The van der Waals surface area contributed by atoms with E-state index in [0.717, 1.165) is 18.3 Å². The number of hydrogen-bond acceptors (Lipinski definition) is 4. The predicted molar refractivity (Wildman–Crippen MR) is 103 cm³/mol. The van der Waals surface area contributed by atoms with Crippen molar-refractivity contribution in [3.63, 3.8) is 0 Å². The van der Waals surface area contributed by atoms with E-state index in [4.69, 9.17) is 4.74 Å². The van der Waals surface area contributed by atoms with Crippen molar-refractivity contribution in [2.75, 3.05) is 40.3 Å². The fourth-order valence-electron chi connectivity index (χ4n) is 1.59. The van der Waals surface area contributed by atoms with Gasteiger partial charge in [0.1, 0.15) is 13.2 Å². The molecule has 0 radical (unpaired) electrons. The van der Waals surface area contributed by atoms with Gasteiger partial charge in [-0.3, -0.25) is 4.79 Å². The number of carbonyl (C=O) groups is 1. The lowest BCUT2D eigenvalue weighted by atomic mass is 10.3. The van der Waals surface area contributed by atoms with Crippen LogP contribution in [0.1, 0.15) is 12.5 Å². The number of ether oxygens (including phenoxy) is 1. The van der Waals surface area contributed by atoms with Gasteiger partial charge >= 0.3 is 6.18 Å². The first-order valence-electron chi connectivity index (χ1n) is 7.62. The first-order valence-corrected chi connectivity index (χ1v) is 7.62. The van der Waals surface area contributed by atoms with E-state index in [1.165, 1.54) is 4.90 Å². The highest BCUT2D eigenvalue weighted by Gasteiger charge is 2.30. The molecule has 0 unspecified atom stereocenters. The molecule has 0 aromatic carbocycles. The maximum Gasteiger partial charge on any atom is 0.417 e. The highest BCUT2D eigenvalue weighted by atomic mass is 127. The number of aliphatic imine (C=N–C) groups is 1. The van der Waals surface area contributed by atoms with Crippen molar-refractivity contribution < 1.29 is 22.7 Å². The number of rotatable bonds is 7. The first kappa shape index (κ1) is 24.2. The van der Waals surface area contributed by atoms with Gasteiger partial charge in [-0.05, 0) is 13.0 Å². The Morgan fingerprint density at radius 2 is 2.00 bits per heavy atom. The van der Waals surface area contributed by atoms with Crippen LogP contribution in [0.2, 0.25) is 0 Å². The molecule has 0 aliphatic rings. The van der Waals surface area contributed by atoms with Crippen LogP contribution in [0.25, 0.3) is 0 Å². The third-order valence-electron chi connectivity index (χ3n) is 2.92. The van der Waals surface area contributed by atoms with Crippen LogP contribution >= 0.6 is 24.0 Å². The minimum atomic E-state index is -4.42. The van der Waals surface area contributed by atoms with Crippen molar-refractivity contribution >= 4 is 35.8 Å². The summed E-state index contributed by atoms with van der Waals surface area (Å²) in [6.07, 6.45) is -3.70. The van der Waals surface area contributed by atoms with E-state index in [-0.39, 0.29) is 48.9 Å². The van der Waals surface area contributed by atoms with Crippen LogP contribution in [0.15, 0.2) is 23.3 Å². The number of nitrogens with zero attached hydrogens (tertiary/aromatic N) is 3. The normalized spacial score (nSPS) is 11.4. The molecule has 0 aliphatic carbocycles. The molecule has 0 saturated heterocycles. The molecule has 2 N–H and O–H groups in total. The fraction of sp³-hybridized carbons (Fsp3) is 0.533. The molecule has 0 saturated carbocycles. The Bertz CT molecular complexity index is 580. The van der Waals surface area contributed by atoms with Crippen molar-refractivity contribution in [3.05, 3.63) is 23.9 Å². The summed E-state index contributed by atoms with van der Waals surface area (Å²) in [5.74, 6) is 0.406. The Labute approximate surface area is 167 Å². The van der Waals surface area contributed by atoms with Crippen molar-refractivity contribution in [1.29, 1.82) is 0 Å². The average molecular weight is 489 g/mol. The number of halogens is 4. The largest absolute Gasteiger partial charge is 0.476 e. The highest BCUT2D eigenvalue weighted by molar-refractivity contribution is 14.0. The van der Waals surface area contributed by atoms with Crippen molar-refractivity contribution in [2.45, 2.75) is 13.1 Å². The highest BCUT2D eigenvalue weighted by Crippen LogP contribution is 2.29. The topological polar surface area (TPSA) is 78.9 Å². The van der Waals surface area contributed by atoms with Crippen molar-refractivity contribution in [2.24, 2.45) is 4.99 Å². The summed E-state index contributed by atoms with van der Waals surface area (Å²) in [5, 5.41) is 5.93. The number of pyridine rings is 1. The fourth-order valence-corrected chi connectivity index (χ4v) is 1.59. The smallest absolute Gasteiger partial charge is 0.417 e. The monoisotopic (exact) mass is 489 g/mol. The molecule has 1 heterocycles. The number of likely N-dealkylation sites (N-methyl/N-ethyl adjacent to an activating group) is 1. The third kappa shape index (κ3) is 9.06. The van der Waals surface area contributed by atoms with Crippen LogP contribution in [0.3, 0.4) is 0 Å². The molecule has 1 rings (SSSR count). The summed E-state index contributed by atoms with van der Waals surface area (Å²) in [7, 11) is 3.28. The summed E-state index contributed by atoms with van der Waals surface area (Å²) in [6.45, 7) is 3.01. The lowest BCUT2D eigenvalue weighted by Crippen LogP contribution is -2.40. The van der Waals surface area contributed by atoms with Gasteiger partial charge in [-0.15, -0.1) is 24.0 Å². The zero-order valence-electron chi connectivity index (χ0n) is 14.8. The van der Waals surface area contributed by atoms with E-state index in [1.807, 2.05) is 6.92 Å². The van der Waals surface area contributed by atoms with Crippen molar-refractivity contribution in [3.8, 4) is 5.88 Å². The van der Waals surface area contributed by atoms with E-state index in [9.17, 15) is 18.0 Å². The van der Waals surface area contributed by atoms with Crippen LogP contribution in [0.4, 0.5) is 13.2 Å². The second-order valence-electron chi connectivity index (χ2n) is 5.14. The van der Waals surface area contributed by atoms with Gasteiger partial charge in [-0.1, -0.05) is 0 Å². The number of alkyl halides is 3. The summed E-state index contributed by atoms with van der Waals surface area (Å²) < 4.78 is 42.6. The van der Waals surface area contributed by atoms with Gasteiger partial charge < -0.3 is 20.3 Å². The van der Waals surface area contributed by atoms with Crippen molar-refractivity contribution in [1.82, 2.24) is 20.5 Å². The molecular weight excluding hydrogens is 466 g/mol. The molecule has 1 aromatic rings. The Kier molecular flexibility index (Phi) is 10.9. The van der Waals surface area contributed by atoms with Gasteiger partial charge in [0.05, 0.1) is 12.1 Å². The maximum atomic E-state index is 12.4. The second kappa shape index (κ2) is 11.8. The van der Waals surface area contributed by atoms with Crippen LogP contribution in [-0.2, 0) is 11.0 Å². The number of nitrogens with one attached hydrogen (secondary N) is 2. The molecule has 0 bridgehead atoms. The molecule has 0 fully saturated rings. The average Bonchev–Trinajstić information content (AvgIpc) is 2.55. The molecule has 148 valence electrons. The lowest BCUT2D eigenvalue weighted by molar-refractivity contribution is -0.137. The summed E-state index contributed by atoms with van der Waals surface area (Å²) in [6, 6.07) is 2.08. The van der Waals surface area contributed by atoms with Crippen LogP contribution in [-0.4, -0.2) is 62.1 Å². The maximum absolute atomic E-state index is 12.4. The van der Waals surface area contributed by atoms with Gasteiger partial charge in [-0.2, -0.15) is 13.2 Å². The zero-order valence-corrected chi connectivity index (χ0v) is 17.1. The number of aromatic nitrogens is 1.